The molecule has 13 heteroatoms. The van der Waals surface area contributed by atoms with Gasteiger partial charge in [0.1, 0.15) is 19.0 Å². The number of carbonyl (C=O) groups excluding carboxylic acids is 1. The second kappa shape index (κ2) is 19.8. The highest BCUT2D eigenvalue weighted by Crippen LogP contribution is 2.38. The fraction of sp³-hybridized carbons (Fsp3) is 0.710. The number of hydrogen-bond donors (Lipinski definition) is 3. The number of rotatable bonds is 20. The molecule has 1 saturated heterocycles. The van der Waals surface area contributed by atoms with E-state index in [0.717, 1.165) is 39.1 Å². The molecule has 0 spiro atoms. The van der Waals surface area contributed by atoms with Gasteiger partial charge in [-0.2, -0.15) is 0 Å². The number of benzene rings is 1. The van der Waals surface area contributed by atoms with Crippen LogP contribution < -0.4 is 4.74 Å². The zero-order chi connectivity index (χ0) is 31.7. The quantitative estimate of drug-likeness (QED) is 0.0632. The van der Waals surface area contributed by atoms with Crippen molar-refractivity contribution in [3.63, 3.8) is 0 Å². The smallest absolute Gasteiger partial charge is 0.305 e. The first-order valence-corrected chi connectivity index (χ1v) is 16.0. The summed E-state index contributed by atoms with van der Waals surface area (Å²) >= 11 is 5.96. The molecule has 5 atom stereocenters. The highest BCUT2D eigenvalue weighted by molar-refractivity contribution is 6.30. The third-order valence-corrected chi connectivity index (χ3v) is 8.61. The van der Waals surface area contributed by atoms with E-state index in [-0.39, 0.29) is 31.0 Å². The Kier molecular flexibility index (Phi) is 16.2. The number of halogens is 1. The van der Waals surface area contributed by atoms with Crippen LogP contribution in [0.4, 0.5) is 0 Å². The number of esters is 1. The first-order valence-electron chi connectivity index (χ1n) is 15.7. The van der Waals surface area contributed by atoms with Crippen molar-refractivity contribution in [3.05, 3.63) is 51.6 Å². The molecule has 0 aromatic heterocycles. The molecule has 1 aliphatic carbocycles. The maximum Gasteiger partial charge on any atom is 0.305 e. The summed E-state index contributed by atoms with van der Waals surface area (Å²) in [5.74, 6) is 0.184. The van der Waals surface area contributed by atoms with Crippen LogP contribution in [0, 0.1) is 22.0 Å². The van der Waals surface area contributed by atoms with E-state index in [1.165, 1.54) is 0 Å². The topological polar surface area (TPSA) is 155 Å². The van der Waals surface area contributed by atoms with Gasteiger partial charge < -0.3 is 34.5 Å². The molecule has 0 bridgehead atoms. The molecule has 3 N–H and O–H groups in total. The summed E-state index contributed by atoms with van der Waals surface area (Å²) in [4.78, 5) is 31.2. The molecule has 1 aromatic carbocycles. The monoisotopic (exact) mass is 641 g/mol. The van der Waals surface area contributed by atoms with E-state index >= 15 is 0 Å². The van der Waals surface area contributed by atoms with Crippen LogP contribution in [0.3, 0.4) is 0 Å². The third kappa shape index (κ3) is 13.7. The van der Waals surface area contributed by atoms with Crippen LogP contribution in [-0.2, 0) is 14.4 Å². The fourth-order valence-electron chi connectivity index (χ4n) is 5.88. The fourth-order valence-corrected chi connectivity index (χ4v) is 6.06. The Morgan fingerprint density at radius 2 is 1.80 bits per heavy atom. The number of carbonyl (C=O) groups is 1. The lowest BCUT2D eigenvalue weighted by atomic mass is 9.86. The van der Waals surface area contributed by atoms with Crippen LogP contribution in [-0.4, -0.2) is 114 Å². The van der Waals surface area contributed by atoms with Crippen molar-refractivity contribution in [2.45, 2.75) is 69.7 Å². The highest BCUT2D eigenvalue weighted by Gasteiger charge is 2.40. The first kappa shape index (κ1) is 36.0. The molecule has 1 aromatic rings. The number of unbranched alkanes of at least 4 members (excludes halogenated alkanes) is 1. The summed E-state index contributed by atoms with van der Waals surface area (Å²) < 4.78 is 11.0. The molecule has 1 heterocycles. The highest BCUT2D eigenvalue weighted by atomic mass is 35.5. The maximum absolute atomic E-state index is 12.1. The van der Waals surface area contributed by atoms with Gasteiger partial charge in [0.05, 0.1) is 24.9 Å². The maximum atomic E-state index is 12.1. The van der Waals surface area contributed by atoms with E-state index < -0.39 is 23.4 Å². The van der Waals surface area contributed by atoms with Crippen molar-refractivity contribution in [3.8, 4) is 5.75 Å². The Labute approximate surface area is 264 Å². The van der Waals surface area contributed by atoms with Crippen LogP contribution in [0.2, 0.25) is 5.02 Å². The van der Waals surface area contributed by atoms with Gasteiger partial charge in [0.15, 0.2) is 0 Å². The second-order valence-electron chi connectivity index (χ2n) is 11.6. The van der Waals surface area contributed by atoms with Crippen molar-refractivity contribution in [1.82, 2.24) is 9.80 Å². The number of nitrogens with zero attached hydrogens (tertiary/aromatic N) is 3. The van der Waals surface area contributed by atoms with Crippen molar-refractivity contribution >= 4 is 17.6 Å². The average molecular weight is 642 g/mol. The van der Waals surface area contributed by atoms with Gasteiger partial charge in [-0.3, -0.25) is 9.69 Å². The standard InChI is InChI=1S/C31H48ClN3O9/c32-24-7-5-8-26(21-24)43-23-25(36)11-12-28-27(29(37)22-30(28)38)9-3-1-2-4-10-31(39)42-20-18-34-16-14-33(15-17-34)13-6-19-44-35(40)41/h1,3,5,7-8,21,25,27-30,36-38H,2,4,6,9-20,22-23H2/b3-1-/t25-,27-,28-,29+,30-/m1/s1. The molecule has 0 radical (unpaired) electrons. The summed E-state index contributed by atoms with van der Waals surface area (Å²) in [6, 6.07) is 7.00. The molecular weight excluding hydrogens is 594 g/mol. The Morgan fingerprint density at radius 3 is 2.52 bits per heavy atom. The van der Waals surface area contributed by atoms with Crippen molar-refractivity contribution < 1.29 is 39.5 Å². The predicted molar refractivity (Wildman–Crippen MR) is 165 cm³/mol. The zero-order valence-corrected chi connectivity index (χ0v) is 26.1. The number of aliphatic hydroxyl groups is 3. The minimum Gasteiger partial charge on any atom is -0.491 e. The Hall–Kier alpha value is -2.48. The van der Waals surface area contributed by atoms with Crippen molar-refractivity contribution in [2.24, 2.45) is 11.8 Å². The Morgan fingerprint density at radius 1 is 1.07 bits per heavy atom. The summed E-state index contributed by atoms with van der Waals surface area (Å²) in [6.45, 7) is 5.53. The van der Waals surface area contributed by atoms with E-state index in [4.69, 9.17) is 21.1 Å². The molecule has 0 unspecified atom stereocenters. The largest absolute Gasteiger partial charge is 0.491 e. The lowest BCUT2D eigenvalue weighted by Gasteiger charge is -2.34. The first-order chi connectivity index (χ1) is 21.2. The SMILES string of the molecule is O=C(CCC/C=C\C[C@@H]1[C@@H](CC[C@@H](O)COc2cccc(Cl)c2)[C@H](O)C[C@@H]1O)OCCN1CCN(CCCO[N+](=O)[O-])CC1. The van der Waals surface area contributed by atoms with Gasteiger partial charge in [0.2, 0.25) is 0 Å². The van der Waals surface area contributed by atoms with Gasteiger partial charge in [0, 0.05) is 50.7 Å². The van der Waals surface area contributed by atoms with Gasteiger partial charge in [0.25, 0.3) is 5.09 Å². The number of hydrogen-bond acceptors (Lipinski definition) is 11. The molecule has 1 aliphatic heterocycles. The minimum absolute atomic E-state index is 0.0864. The third-order valence-electron chi connectivity index (χ3n) is 8.37. The number of allylic oxidation sites excluding steroid dienone is 2. The van der Waals surface area contributed by atoms with E-state index in [9.17, 15) is 30.2 Å². The van der Waals surface area contributed by atoms with Gasteiger partial charge in [-0.25, -0.2) is 0 Å². The Balaban J connectivity index is 1.22. The lowest BCUT2D eigenvalue weighted by molar-refractivity contribution is -0.757. The summed E-state index contributed by atoms with van der Waals surface area (Å²) in [7, 11) is 0. The summed E-state index contributed by atoms with van der Waals surface area (Å²) in [6.07, 6.45) is 6.49. The van der Waals surface area contributed by atoms with Crippen LogP contribution in [0.15, 0.2) is 36.4 Å². The molecule has 1 saturated carbocycles. The van der Waals surface area contributed by atoms with Crippen molar-refractivity contribution in [2.75, 3.05) is 59.1 Å². The molecule has 2 aliphatic rings. The molecule has 44 heavy (non-hydrogen) atoms. The normalized spacial score (nSPS) is 23.5. The molecule has 2 fully saturated rings. The minimum atomic E-state index is -0.764. The predicted octanol–water partition coefficient (Wildman–Crippen LogP) is 3.09. The van der Waals surface area contributed by atoms with Crippen LogP contribution in [0.25, 0.3) is 0 Å². The number of aliphatic hydroxyl groups excluding tert-OH is 3. The van der Waals surface area contributed by atoms with Gasteiger partial charge in [-0.1, -0.05) is 29.8 Å². The summed E-state index contributed by atoms with van der Waals surface area (Å²) in [5.41, 5.74) is 0. The van der Waals surface area contributed by atoms with E-state index in [0.29, 0.717) is 68.9 Å². The summed E-state index contributed by atoms with van der Waals surface area (Å²) in [5, 5.41) is 41.4. The van der Waals surface area contributed by atoms with Crippen molar-refractivity contribution in [1.29, 1.82) is 0 Å². The molecule has 3 rings (SSSR count). The average Bonchev–Trinajstić information content (AvgIpc) is 3.26. The van der Waals surface area contributed by atoms with E-state index in [1.807, 2.05) is 12.2 Å². The Bertz CT molecular complexity index is 1020. The number of ether oxygens (including phenoxy) is 2. The second-order valence-corrected chi connectivity index (χ2v) is 12.0. The molecule has 12 nitrogen and oxygen atoms in total. The van der Waals surface area contributed by atoms with Crippen LogP contribution in [0.1, 0.15) is 51.4 Å². The van der Waals surface area contributed by atoms with Gasteiger partial charge >= 0.3 is 5.97 Å². The lowest BCUT2D eigenvalue weighted by Crippen LogP contribution is -2.47. The van der Waals surface area contributed by atoms with Crippen LogP contribution >= 0.6 is 11.6 Å². The van der Waals surface area contributed by atoms with Gasteiger partial charge in [-0.15, -0.1) is 10.1 Å². The zero-order valence-electron chi connectivity index (χ0n) is 25.4. The van der Waals surface area contributed by atoms with Crippen LogP contribution in [0.5, 0.6) is 5.75 Å². The molecule has 248 valence electrons. The molecular formula is C31H48ClN3O9. The number of piperazine rings is 1. The van der Waals surface area contributed by atoms with E-state index in [1.54, 1.807) is 24.3 Å². The van der Waals surface area contributed by atoms with Gasteiger partial charge in [-0.05, 0) is 75.0 Å². The van der Waals surface area contributed by atoms with E-state index in [2.05, 4.69) is 14.6 Å². The molecule has 0 amide bonds.